The summed E-state index contributed by atoms with van der Waals surface area (Å²) in [4.78, 5) is 4.55. The molecule has 5 nitrogen and oxygen atoms in total. The molecule has 118 valence electrons. The van der Waals surface area contributed by atoms with E-state index in [1.807, 2.05) is 42.5 Å². The van der Waals surface area contributed by atoms with Crippen LogP contribution >= 0.6 is 0 Å². The van der Waals surface area contributed by atoms with Crippen LogP contribution < -0.4 is 9.47 Å². The second-order valence-electron chi connectivity index (χ2n) is 5.62. The van der Waals surface area contributed by atoms with Gasteiger partial charge < -0.3 is 18.3 Å². The van der Waals surface area contributed by atoms with E-state index >= 15 is 0 Å². The van der Waals surface area contributed by atoms with E-state index in [1.54, 1.807) is 14.2 Å². The van der Waals surface area contributed by atoms with Crippen LogP contribution in [0.4, 0.5) is 0 Å². The van der Waals surface area contributed by atoms with Crippen molar-refractivity contribution in [3.8, 4) is 11.5 Å². The molecule has 24 heavy (non-hydrogen) atoms. The zero-order valence-corrected chi connectivity index (χ0v) is 13.1. The molecule has 0 saturated carbocycles. The van der Waals surface area contributed by atoms with Gasteiger partial charge in [0.2, 0.25) is 11.4 Å². The summed E-state index contributed by atoms with van der Waals surface area (Å²) in [6.45, 7) is 0. The highest BCUT2D eigenvalue weighted by atomic mass is 16.5. The van der Waals surface area contributed by atoms with E-state index in [4.69, 9.17) is 18.3 Å². The van der Waals surface area contributed by atoms with E-state index in [2.05, 4.69) is 4.98 Å². The van der Waals surface area contributed by atoms with Crippen molar-refractivity contribution in [2.24, 2.45) is 0 Å². The van der Waals surface area contributed by atoms with Gasteiger partial charge in [0, 0.05) is 21.5 Å². The summed E-state index contributed by atoms with van der Waals surface area (Å²) in [7, 11) is 3.30. The van der Waals surface area contributed by atoms with Crippen LogP contribution in [0, 0.1) is 0 Å². The average Bonchev–Trinajstić information content (AvgIpc) is 3.15. The second-order valence-corrected chi connectivity index (χ2v) is 5.62. The zero-order chi connectivity index (χ0) is 16.3. The molecule has 0 radical (unpaired) electrons. The molecule has 0 atom stereocenters. The Labute approximate surface area is 136 Å². The SMILES string of the molecule is COc1ccc2oc3nc4oc5ccc(OC)cc5c4cc3c2c1. The highest BCUT2D eigenvalue weighted by molar-refractivity contribution is 6.13. The molecule has 0 aliphatic carbocycles. The van der Waals surface area contributed by atoms with Crippen LogP contribution in [0.5, 0.6) is 11.5 Å². The molecule has 5 rings (SSSR count). The third-order valence-electron chi connectivity index (χ3n) is 4.32. The van der Waals surface area contributed by atoms with Gasteiger partial charge in [-0.05, 0) is 42.5 Å². The first-order chi connectivity index (χ1) is 11.8. The molecule has 0 amide bonds. The molecule has 0 bridgehead atoms. The maximum Gasteiger partial charge on any atom is 0.230 e. The van der Waals surface area contributed by atoms with Crippen molar-refractivity contribution in [1.29, 1.82) is 0 Å². The van der Waals surface area contributed by atoms with Gasteiger partial charge in [0.1, 0.15) is 22.7 Å². The molecule has 0 spiro atoms. The Bertz CT molecular complexity index is 1140. The van der Waals surface area contributed by atoms with Gasteiger partial charge in [0.15, 0.2) is 0 Å². The molecule has 0 aliphatic rings. The Hall–Kier alpha value is -3.21. The lowest BCUT2D eigenvalue weighted by Crippen LogP contribution is -1.81. The number of ether oxygens (including phenoxy) is 2. The summed E-state index contributed by atoms with van der Waals surface area (Å²) < 4.78 is 22.3. The van der Waals surface area contributed by atoms with Gasteiger partial charge in [-0.25, -0.2) is 0 Å². The molecule has 3 heterocycles. The topological polar surface area (TPSA) is 57.6 Å². The van der Waals surface area contributed by atoms with Crippen LogP contribution in [0.15, 0.2) is 51.3 Å². The first-order valence-corrected chi connectivity index (χ1v) is 7.54. The Kier molecular flexibility index (Phi) is 2.56. The standard InChI is InChI=1S/C19H13NO4/c1-21-10-3-5-16-12(7-10)14-9-15-13-8-11(22-2)4-6-17(13)24-19(15)20-18(14)23-16/h3-9H,1-2H3. The van der Waals surface area contributed by atoms with Crippen molar-refractivity contribution in [2.45, 2.75) is 0 Å². The van der Waals surface area contributed by atoms with Gasteiger partial charge in [-0.2, -0.15) is 4.98 Å². The lowest BCUT2D eigenvalue weighted by molar-refractivity contribution is 0.415. The van der Waals surface area contributed by atoms with Crippen LogP contribution in [0.2, 0.25) is 0 Å². The minimum atomic E-state index is 0.553. The third-order valence-corrected chi connectivity index (χ3v) is 4.32. The number of aromatic nitrogens is 1. The fourth-order valence-corrected chi connectivity index (χ4v) is 3.10. The monoisotopic (exact) mass is 319 g/mol. The highest BCUT2D eigenvalue weighted by Crippen LogP contribution is 2.36. The van der Waals surface area contributed by atoms with Gasteiger partial charge in [0.05, 0.1) is 14.2 Å². The molecular weight excluding hydrogens is 306 g/mol. The summed E-state index contributed by atoms with van der Waals surface area (Å²) in [5.41, 5.74) is 2.65. The van der Waals surface area contributed by atoms with Crippen LogP contribution in [0.25, 0.3) is 44.1 Å². The van der Waals surface area contributed by atoms with Crippen molar-refractivity contribution in [3.63, 3.8) is 0 Å². The average molecular weight is 319 g/mol. The normalized spacial score (nSPS) is 11.8. The Balaban J connectivity index is 1.91. The number of hydrogen-bond donors (Lipinski definition) is 0. The first kappa shape index (κ1) is 13.2. The smallest absolute Gasteiger partial charge is 0.230 e. The van der Waals surface area contributed by atoms with Crippen molar-refractivity contribution >= 4 is 44.1 Å². The van der Waals surface area contributed by atoms with E-state index in [1.165, 1.54) is 0 Å². The molecule has 5 aromatic rings. The number of pyridine rings is 1. The second kappa shape index (κ2) is 4.64. The van der Waals surface area contributed by atoms with Crippen LogP contribution in [0.3, 0.4) is 0 Å². The number of methoxy groups -OCH3 is 2. The number of benzene rings is 2. The number of hydrogen-bond acceptors (Lipinski definition) is 5. The first-order valence-electron chi connectivity index (χ1n) is 7.54. The molecule has 5 heteroatoms. The summed E-state index contributed by atoms with van der Waals surface area (Å²) in [5.74, 6) is 1.56. The largest absolute Gasteiger partial charge is 0.497 e. The number of fused-ring (bicyclic) bond motifs is 6. The maximum atomic E-state index is 5.85. The van der Waals surface area contributed by atoms with E-state index in [0.717, 1.165) is 44.2 Å². The highest BCUT2D eigenvalue weighted by Gasteiger charge is 2.15. The van der Waals surface area contributed by atoms with Crippen molar-refractivity contribution < 1.29 is 18.3 Å². The minimum Gasteiger partial charge on any atom is -0.497 e. The molecule has 0 saturated heterocycles. The van der Waals surface area contributed by atoms with Gasteiger partial charge in [-0.15, -0.1) is 0 Å². The van der Waals surface area contributed by atoms with Crippen LogP contribution in [-0.2, 0) is 0 Å². The number of furan rings is 2. The van der Waals surface area contributed by atoms with Gasteiger partial charge in [0.25, 0.3) is 0 Å². The molecular formula is C19H13NO4. The Morgan fingerprint density at radius 1 is 0.667 bits per heavy atom. The number of nitrogens with zero attached hydrogens (tertiary/aromatic N) is 1. The zero-order valence-electron chi connectivity index (χ0n) is 13.1. The summed E-state index contributed by atoms with van der Waals surface area (Å²) in [6, 6.07) is 13.5. The Morgan fingerprint density at radius 2 is 1.17 bits per heavy atom. The van der Waals surface area contributed by atoms with E-state index < -0.39 is 0 Å². The molecule has 0 N–H and O–H groups in total. The molecule has 0 unspecified atom stereocenters. The van der Waals surface area contributed by atoms with Crippen LogP contribution in [0.1, 0.15) is 0 Å². The summed E-state index contributed by atoms with van der Waals surface area (Å²) in [5, 5.41) is 3.80. The van der Waals surface area contributed by atoms with E-state index in [9.17, 15) is 0 Å². The lowest BCUT2D eigenvalue weighted by Gasteiger charge is -1.98. The lowest BCUT2D eigenvalue weighted by atomic mass is 10.1. The maximum absolute atomic E-state index is 5.85. The van der Waals surface area contributed by atoms with E-state index in [-0.39, 0.29) is 0 Å². The molecule has 0 aliphatic heterocycles. The Morgan fingerprint density at radius 3 is 1.62 bits per heavy atom. The molecule has 3 aromatic heterocycles. The molecule has 2 aromatic carbocycles. The summed E-state index contributed by atoms with van der Waals surface area (Å²) >= 11 is 0. The predicted octanol–water partition coefficient (Wildman–Crippen LogP) is 4.90. The molecule has 0 fully saturated rings. The van der Waals surface area contributed by atoms with Crippen molar-refractivity contribution in [1.82, 2.24) is 4.98 Å². The van der Waals surface area contributed by atoms with Gasteiger partial charge in [-0.3, -0.25) is 0 Å². The predicted molar refractivity (Wildman–Crippen MR) is 91.9 cm³/mol. The fraction of sp³-hybridized carbons (Fsp3) is 0.105. The quantitative estimate of drug-likeness (QED) is 0.463. The third kappa shape index (κ3) is 1.72. The van der Waals surface area contributed by atoms with Crippen molar-refractivity contribution in [2.75, 3.05) is 14.2 Å². The van der Waals surface area contributed by atoms with Crippen LogP contribution in [-0.4, -0.2) is 19.2 Å². The van der Waals surface area contributed by atoms with Gasteiger partial charge >= 0.3 is 0 Å². The van der Waals surface area contributed by atoms with Gasteiger partial charge in [-0.1, -0.05) is 0 Å². The van der Waals surface area contributed by atoms with Crippen molar-refractivity contribution in [3.05, 3.63) is 42.5 Å². The summed E-state index contributed by atoms with van der Waals surface area (Å²) in [6.07, 6.45) is 0. The number of rotatable bonds is 2. The fourth-order valence-electron chi connectivity index (χ4n) is 3.10. The minimum absolute atomic E-state index is 0.553. The van der Waals surface area contributed by atoms with E-state index in [0.29, 0.717) is 11.4 Å².